The fraction of sp³-hybridized carbons (Fsp3) is 0.538. The van der Waals surface area contributed by atoms with Crippen LogP contribution in [0.25, 0.3) is 0 Å². The smallest absolute Gasteiger partial charge is 0.126 e. The van der Waals surface area contributed by atoms with E-state index in [1.165, 1.54) is 6.07 Å². The van der Waals surface area contributed by atoms with Crippen molar-refractivity contribution >= 4 is 11.6 Å². The summed E-state index contributed by atoms with van der Waals surface area (Å²) in [5.74, 6) is -0.167. The summed E-state index contributed by atoms with van der Waals surface area (Å²) < 4.78 is 13.4. The average Bonchev–Trinajstić information content (AvgIpc) is 2.16. The number of hydrogen-bond acceptors (Lipinski definition) is 1. The van der Waals surface area contributed by atoms with Crippen molar-refractivity contribution in [1.82, 2.24) is 5.32 Å². The van der Waals surface area contributed by atoms with Crippen molar-refractivity contribution < 1.29 is 4.39 Å². The van der Waals surface area contributed by atoms with E-state index in [0.717, 1.165) is 19.4 Å². The number of rotatable bonds is 4. The molecule has 1 aromatic carbocycles. The van der Waals surface area contributed by atoms with Gasteiger partial charge in [-0.25, -0.2) is 4.39 Å². The Morgan fingerprint density at radius 3 is 2.62 bits per heavy atom. The maximum atomic E-state index is 13.4. The van der Waals surface area contributed by atoms with Crippen molar-refractivity contribution in [1.29, 1.82) is 0 Å². The third-order valence-electron chi connectivity index (χ3n) is 2.29. The SMILES string of the molecule is CC(C)(C)NCCCc1cc(Cl)ccc1F. The van der Waals surface area contributed by atoms with E-state index in [0.29, 0.717) is 10.6 Å². The van der Waals surface area contributed by atoms with Crippen LogP contribution in [0.15, 0.2) is 18.2 Å². The standard InChI is InChI=1S/C13H19ClFN/c1-13(2,3)16-8-4-5-10-9-11(14)6-7-12(10)15/h6-7,9,16H,4-5,8H2,1-3H3. The molecule has 0 amide bonds. The first-order valence-electron chi connectivity index (χ1n) is 5.57. The van der Waals surface area contributed by atoms with E-state index in [1.54, 1.807) is 12.1 Å². The quantitative estimate of drug-likeness (QED) is 0.794. The van der Waals surface area contributed by atoms with E-state index < -0.39 is 0 Å². The predicted octanol–water partition coefficient (Wildman–Crippen LogP) is 3.80. The van der Waals surface area contributed by atoms with Crippen molar-refractivity contribution in [2.45, 2.75) is 39.2 Å². The molecule has 1 N–H and O–H groups in total. The largest absolute Gasteiger partial charge is 0.312 e. The zero-order valence-corrected chi connectivity index (χ0v) is 10.9. The molecule has 90 valence electrons. The van der Waals surface area contributed by atoms with Crippen LogP contribution < -0.4 is 5.32 Å². The van der Waals surface area contributed by atoms with Gasteiger partial charge in [-0.05, 0) is 63.9 Å². The fourth-order valence-electron chi connectivity index (χ4n) is 1.48. The van der Waals surface area contributed by atoms with Crippen LogP contribution in [0.2, 0.25) is 5.02 Å². The zero-order valence-electron chi connectivity index (χ0n) is 10.1. The minimum atomic E-state index is -0.167. The minimum Gasteiger partial charge on any atom is -0.312 e. The Bertz CT molecular complexity index is 344. The maximum absolute atomic E-state index is 13.4. The van der Waals surface area contributed by atoms with Gasteiger partial charge in [0.2, 0.25) is 0 Å². The predicted molar refractivity (Wildman–Crippen MR) is 67.5 cm³/mol. The van der Waals surface area contributed by atoms with Gasteiger partial charge in [0, 0.05) is 10.6 Å². The molecule has 0 aliphatic rings. The molecule has 0 bridgehead atoms. The molecule has 3 heteroatoms. The summed E-state index contributed by atoms with van der Waals surface area (Å²) in [5.41, 5.74) is 0.815. The lowest BCUT2D eigenvalue weighted by Crippen LogP contribution is -2.36. The van der Waals surface area contributed by atoms with Gasteiger partial charge in [-0.1, -0.05) is 11.6 Å². The molecule has 0 unspecified atom stereocenters. The highest BCUT2D eigenvalue weighted by atomic mass is 35.5. The zero-order chi connectivity index (χ0) is 12.2. The van der Waals surface area contributed by atoms with Gasteiger partial charge in [-0.2, -0.15) is 0 Å². The van der Waals surface area contributed by atoms with E-state index in [2.05, 4.69) is 26.1 Å². The summed E-state index contributed by atoms with van der Waals surface area (Å²) >= 11 is 5.82. The summed E-state index contributed by atoms with van der Waals surface area (Å²) in [6, 6.07) is 4.70. The first-order chi connectivity index (χ1) is 7.38. The van der Waals surface area contributed by atoms with Crippen molar-refractivity contribution in [2.75, 3.05) is 6.54 Å². The lowest BCUT2D eigenvalue weighted by atomic mass is 10.1. The van der Waals surface area contributed by atoms with Gasteiger partial charge in [0.15, 0.2) is 0 Å². The highest BCUT2D eigenvalue weighted by molar-refractivity contribution is 6.30. The van der Waals surface area contributed by atoms with Crippen molar-refractivity contribution in [2.24, 2.45) is 0 Å². The molecule has 0 aromatic heterocycles. The second kappa shape index (κ2) is 5.65. The molecule has 0 saturated carbocycles. The average molecular weight is 244 g/mol. The summed E-state index contributed by atoms with van der Waals surface area (Å²) in [4.78, 5) is 0. The van der Waals surface area contributed by atoms with E-state index in [-0.39, 0.29) is 11.4 Å². The van der Waals surface area contributed by atoms with Gasteiger partial charge < -0.3 is 5.32 Å². The van der Waals surface area contributed by atoms with E-state index in [1.807, 2.05) is 0 Å². The molecule has 0 spiro atoms. The number of halogens is 2. The Morgan fingerprint density at radius 1 is 1.31 bits per heavy atom. The lowest BCUT2D eigenvalue weighted by Gasteiger charge is -2.20. The van der Waals surface area contributed by atoms with Crippen LogP contribution in [0.5, 0.6) is 0 Å². The molecular weight excluding hydrogens is 225 g/mol. The minimum absolute atomic E-state index is 0.118. The summed E-state index contributed by atoms with van der Waals surface area (Å²) in [5, 5.41) is 3.97. The molecule has 0 fully saturated rings. The lowest BCUT2D eigenvalue weighted by molar-refractivity contribution is 0.421. The van der Waals surface area contributed by atoms with E-state index >= 15 is 0 Å². The molecule has 0 radical (unpaired) electrons. The highest BCUT2D eigenvalue weighted by Gasteiger charge is 2.08. The molecule has 0 saturated heterocycles. The van der Waals surface area contributed by atoms with Crippen LogP contribution in [0.4, 0.5) is 4.39 Å². The van der Waals surface area contributed by atoms with Crippen molar-refractivity contribution in [3.63, 3.8) is 0 Å². The molecule has 0 heterocycles. The molecule has 1 rings (SSSR count). The number of hydrogen-bond donors (Lipinski definition) is 1. The second-order valence-corrected chi connectivity index (χ2v) is 5.45. The van der Waals surface area contributed by atoms with Crippen LogP contribution in [-0.2, 0) is 6.42 Å². The summed E-state index contributed by atoms with van der Waals surface area (Å²) in [6.07, 6.45) is 1.63. The summed E-state index contributed by atoms with van der Waals surface area (Å²) in [7, 11) is 0. The Morgan fingerprint density at radius 2 is 2.00 bits per heavy atom. The second-order valence-electron chi connectivity index (χ2n) is 5.02. The third kappa shape index (κ3) is 4.95. The van der Waals surface area contributed by atoms with Gasteiger partial charge in [-0.3, -0.25) is 0 Å². The van der Waals surface area contributed by atoms with Gasteiger partial charge >= 0.3 is 0 Å². The van der Waals surface area contributed by atoms with Gasteiger partial charge in [-0.15, -0.1) is 0 Å². The number of nitrogens with one attached hydrogen (secondary N) is 1. The molecule has 1 nitrogen and oxygen atoms in total. The highest BCUT2D eigenvalue weighted by Crippen LogP contribution is 2.16. The van der Waals surface area contributed by atoms with E-state index in [4.69, 9.17) is 11.6 Å². The van der Waals surface area contributed by atoms with Crippen LogP contribution in [-0.4, -0.2) is 12.1 Å². The molecular formula is C13H19ClFN. The van der Waals surface area contributed by atoms with Crippen LogP contribution in [0.3, 0.4) is 0 Å². The Hall–Kier alpha value is -0.600. The molecule has 0 atom stereocenters. The third-order valence-corrected chi connectivity index (χ3v) is 2.52. The van der Waals surface area contributed by atoms with Crippen molar-refractivity contribution in [3.05, 3.63) is 34.6 Å². The summed E-state index contributed by atoms with van der Waals surface area (Å²) in [6.45, 7) is 7.24. The Labute approximate surface area is 102 Å². The maximum Gasteiger partial charge on any atom is 0.126 e. The first-order valence-corrected chi connectivity index (χ1v) is 5.95. The topological polar surface area (TPSA) is 12.0 Å². The van der Waals surface area contributed by atoms with Gasteiger partial charge in [0.05, 0.1) is 0 Å². The fourth-order valence-corrected chi connectivity index (χ4v) is 1.67. The monoisotopic (exact) mass is 243 g/mol. The van der Waals surface area contributed by atoms with Crippen LogP contribution in [0, 0.1) is 5.82 Å². The van der Waals surface area contributed by atoms with Gasteiger partial charge in [0.1, 0.15) is 5.82 Å². The molecule has 16 heavy (non-hydrogen) atoms. The van der Waals surface area contributed by atoms with E-state index in [9.17, 15) is 4.39 Å². The Kier molecular flexibility index (Phi) is 4.75. The number of aryl methyl sites for hydroxylation is 1. The molecule has 0 aliphatic carbocycles. The normalized spacial score (nSPS) is 11.8. The molecule has 0 aliphatic heterocycles. The number of benzene rings is 1. The molecule has 1 aromatic rings. The van der Waals surface area contributed by atoms with Gasteiger partial charge in [0.25, 0.3) is 0 Å². The first kappa shape index (κ1) is 13.5. The van der Waals surface area contributed by atoms with Crippen molar-refractivity contribution in [3.8, 4) is 0 Å². The Balaban J connectivity index is 2.40. The van der Waals surface area contributed by atoms with Crippen LogP contribution >= 0.6 is 11.6 Å². The van der Waals surface area contributed by atoms with Crippen LogP contribution in [0.1, 0.15) is 32.8 Å².